The number of hydrogen-bond acceptors (Lipinski definition) is 10. The van der Waals surface area contributed by atoms with Crippen LogP contribution in [0.15, 0.2) is 0 Å². The molecule has 0 radical (unpaired) electrons. The van der Waals surface area contributed by atoms with Gasteiger partial charge in [0.2, 0.25) is 17.8 Å². The van der Waals surface area contributed by atoms with Gasteiger partial charge in [0.1, 0.15) is 0 Å². The molecule has 2 aliphatic heterocycles. The molecule has 2 saturated heterocycles. The molecule has 0 amide bonds. The van der Waals surface area contributed by atoms with E-state index in [9.17, 15) is 0 Å². The lowest BCUT2D eigenvalue weighted by Gasteiger charge is -2.38. The molecule has 0 bridgehead atoms. The molecular formula is C19H38N10. The molecule has 1 aromatic rings. The minimum Gasteiger partial charge on any atom is -0.338 e. The van der Waals surface area contributed by atoms with Crippen molar-refractivity contribution < 1.29 is 0 Å². The Morgan fingerprint density at radius 2 is 1.03 bits per heavy atom. The first-order valence-electron chi connectivity index (χ1n) is 10.7. The second kappa shape index (κ2) is 8.95. The smallest absolute Gasteiger partial charge is 0.232 e. The van der Waals surface area contributed by atoms with E-state index in [1.807, 2.05) is 0 Å². The second-order valence-electron chi connectivity index (χ2n) is 9.15. The third-order valence-corrected chi connectivity index (χ3v) is 5.54. The van der Waals surface area contributed by atoms with Crippen LogP contribution in [0.3, 0.4) is 0 Å². The Labute approximate surface area is 174 Å². The van der Waals surface area contributed by atoms with Gasteiger partial charge in [0.15, 0.2) is 0 Å². The van der Waals surface area contributed by atoms with Crippen molar-refractivity contribution in [3.63, 3.8) is 0 Å². The van der Waals surface area contributed by atoms with Gasteiger partial charge in [-0.25, -0.2) is 0 Å². The first kappa shape index (κ1) is 21.9. The fourth-order valence-corrected chi connectivity index (χ4v) is 4.48. The van der Waals surface area contributed by atoms with E-state index < -0.39 is 0 Å². The molecule has 0 spiro atoms. The second-order valence-corrected chi connectivity index (χ2v) is 9.15. The summed E-state index contributed by atoms with van der Waals surface area (Å²) in [5, 5.41) is 0. The van der Waals surface area contributed by atoms with Crippen molar-refractivity contribution in [2.75, 3.05) is 40.9 Å². The molecule has 8 N–H and O–H groups in total. The summed E-state index contributed by atoms with van der Waals surface area (Å²) in [6, 6.07) is 0.511. The molecule has 0 unspecified atom stereocenters. The number of nitrogens with two attached hydrogens (primary N) is 4. The summed E-state index contributed by atoms with van der Waals surface area (Å²) in [5.74, 6) is 1.90. The monoisotopic (exact) mass is 406 g/mol. The minimum absolute atomic E-state index is 0.00514. The fourth-order valence-electron chi connectivity index (χ4n) is 4.48. The highest BCUT2D eigenvalue weighted by Crippen LogP contribution is 2.25. The lowest BCUT2D eigenvalue weighted by molar-refractivity contribution is 0.440. The van der Waals surface area contributed by atoms with Gasteiger partial charge in [0.25, 0.3) is 0 Å². The van der Waals surface area contributed by atoms with Crippen molar-refractivity contribution in [1.82, 2.24) is 15.0 Å². The fraction of sp³-hybridized carbons (Fsp3) is 0.842. The number of piperidine rings is 2. The highest BCUT2D eigenvalue weighted by molar-refractivity contribution is 5.48. The van der Waals surface area contributed by atoms with Crippen LogP contribution in [0.25, 0.3) is 0 Å². The summed E-state index contributed by atoms with van der Waals surface area (Å²) in [6.45, 7) is 11.3. The van der Waals surface area contributed by atoms with Crippen LogP contribution in [0.4, 0.5) is 17.8 Å². The highest BCUT2D eigenvalue weighted by Gasteiger charge is 2.30. The van der Waals surface area contributed by atoms with E-state index >= 15 is 0 Å². The molecule has 2 fully saturated rings. The van der Waals surface area contributed by atoms with Crippen LogP contribution in [-0.2, 0) is 0 Å². The Morgan fingerprint density at radius 1 is 0.690 bits per heavy atom. The Kier molecular flexibility index (Phi) is 6.77. The lowest BCUT2D eigenvalue weighted by Crippen LogP contribution is -2.54. The van der Waals surface area contributed by atoms with Gasteiger partial charge in [-0.1, -0.05) is 0 Å². The zero-order valence-electron chi connectivity index (χ0n) is 18.2. The number of nitrogens with zero attached hydrogens (tertiary/aromatic N) is 6. The predicted molar refractivity (Wildman–Crippen MR) is 118 cm³/mol. The molecule has 0 aliphatic carbocycles. The third kappa shape index (κ3) is 5.25. The standard InChI is InChI=1S/C19H38N10/c1-11(2)29(12(3)4)19-25-17(27-7-13(20)5-14(21)8-27)24-18(26-19)28-9-15(22)6-16(23)10-28/h11-16H,5-10,20-23H2,1-4H3/t13-,14+,15-,16+. The predicted octanol–water partition coefficient (Wildman–Crippen LogP) is -0.776. The summed E-state index contributed by atoms with van der Waals surface area (Å²) in [7, 11) is 0. The first-order valence-corrected chi connectivity index (χ1v) is 10.7. The maximum absolute atomic E-state index is 6.22. The molecule has 3 rings (SSSR count). The maximum Gasteiger partial charge on any atom is 0.232 e. The zero-order valence-corrected chi connectivity index (χ0v) is 18.2. The molecule has 2 aliphatic rings. The van der Waals surface area contributed by atoms with Crippen molar-refractivity contribution >= 4 is 17.8 Å². The van der Waals surface area contributed by atoms with Crippen LogP contribution in [-0.4, -0.2) is 77.4 Å². The van der Waals surface area contributed by atoms with Crippen LogP contribution >= 0.6 is 0 Å². The molecule has 0 saturated carbocycles. The first-order chi connectivity index (χ1) is 13.6. The molecule has 10 heteroatoms. The van der Waals surface area contributed by atoms with Crippen molar-refractivity contribution in [3.05, 3.63) is 0 Å². The van der Waals surface area contributed by atoms with Crippen molar-refractivity contribution in [3.8, 4) is 0 Å². The van der Waals surface area contributed by atoms with Crippen LogP contribution in [0.1, 0.15) is 40.5 Å². The van der Waals surface area contributed by atoms with Crippen molar-refractivity contribution in [1.29, 1.82) is 0 Å². The Bertz CT molecular complexity index is 609. The van der Waals surface area contributed by atoms with Gasteiger partial charge in [0, 0.05) is 62.4 Å². The summed E-state index contributed by atoms with van der Waals surface area (Å²) in [6.07, 6.45) is 1.61. The van der Waals surface area contributed by atoms with E-state index in [2.05, 4.69) is 42.4 Å². The largest absolute Gasteiger partial charge is 0.338 e. The van der Waals surface area contributed by atoms with E-state index in [0.717, 1.165) is 12.8 Å². The van der Waals surface area contributed by atoms with E-state index in [4.69, 9.17) is 37.9 Å². The van der Waals surface area contributed by atoms with Gasteiger partial charge < -0.3 is 37.6 Å². The molecule has 0 aromatic carbocycles. The van der Waals surface area contributed by atoms with E-state index in [0.29, 0.717) is 44.0 Å². The lowest BCUT2D eigenvalue weighted by atomic mass is 10.0. The molecule has 3 heterocycles. The van der Waals surface area contributed by atoms with Crippen molar-refractivity contribution in [2.45, 2.75) is 76.8 Å². The van der Waals surface area contributed by atoms with E-state index in [1.54, 1.807) is 0 Å². The Hall–Kier alpha value is -1.75. The molecule has 29 heavy (non-hydrogen) atoms. The van der Waals surface area contributed by atoms with Crippen LogP contribution in [0.5, 0.6) is 0 Å². The normalized spacial score (nSPS) is 28.3. The number of hydrogen-bond donors (Lipinski definition) is 4. The molecule has 164 valence electrons. The van der Waals surface area contributed by atoms with Gasteiger partial charge in [-0.2, -0.15) is 15.0 Å². The summed E-state index contributed by atoms with van der Waals surface area (Å²) >= 11 is 0. The van der Waals surface area contributed by atoms with E-state index in [1.165, 1.54) is 0 Å². The van der Waals surface area contributed by atoms with Gasteiger partial charge in [-0.05, 0) is 40.5 Å². The highest BCUT2D eigenvalue weighted by atomic mass is 15.4. The van der Waals surface area contributed by atoms with E-state index in [-0.39, 0.29) is 36.3 Å². The Balaban J connectivity index is 2.02. The van der Waals surface area contributed by atoms with Crippen LogP contribution in [0, 0.1) is 0 Å². The quantitative estimate of drug-likeness (QED) is 0.490. The average molecular weight is 407 g/mol. The molecule has 1 aromatic heterocycles. The molecule has 4 atom stereocenters. The van der Waals surface area contributed by atoms with Gasteiger partial charge in [-0.3, -0.25) is 0 Å². The van der Waals surface area contributed by atoms with Gasteiger partial charge >= 0.3 is 0 Å². The minimum atomic E-state index is 0.00514. The Morgan fingerprint density at radius 3 is 1.34 bits per heavy atom. The maximum atomic E-state index is 6.22. The summed E-state index contributed by atoms with van der Waals surface area (Å²) in [5.41, 5.74) is 24.9. The SMILES string of the molecule is CC(C)N(c1nc(N2C[C@H](N)C[C@H](N)C2)nc(N2C[C@H](N)C[C@H](N)C2)n1)C(C)C. The number of aromatic nitrogens is 3. The zero-order chi connectivity index (χ0) is 21.3. The van der Waals surface area contributed by atoms with Gasteiger partial charge in [-0.15, -0.1) is 0 Å². The van der Waals surface area contributed by atoms with Gasteiger partial charge in [0.05, 0.1) is 0 Å². The topological polar surface area (TPSA) is 152 Å². The summed E-state index contributed by atoms with van der Waals surface area (Å²) in [4.78, 5) is 20.8. The third-order valence-electron chi connectivity index (χ3n) is 5.54. The molecule has 10 nitrogen and oxygen atoms in total. The van der Waals surface area contributed by atoms with Crippen LogP contribution < -0.4 is 37.6 Å². The average Bonchev–Trinajstić information content (AvgIpc) is 2.59. The van der Waals surface area contributed by atoms with Crippen LogP contribution in [0.2, 0.25) is 0 Å². The molecular weight excluding hydrogens is 368 g/mol. The van der Waals surface area contributed by atoms with Crippen molar-refractivity contribution in [2.24, 2.45) is 22.9 Å². The number of rotatable bonds is 5. The number of anilines is 3. The summed E-state index contributed by atoms with van der Waals surface area (Å²) < 4.78 is 0.